The predicted molar refractivity (Wildman–Crippen MR) is 73.8 cm³/mol. The molecule has 2 atom stereocenters. The first-order valence-electron chi connectivity index (χ1n) is 5.92. The average Bonchev–Trinajstić information content (AvgIpc) is 2.94. The zero-order valence-corrected chi connectivity index (χ0v) is 12.0. The fourth-order valence-corrected chi connectivity index (χ4v) is 3.85. The number of amides is 1. The van der Waals surface area contributed by atoms with E-state index < -0.39 is 0 Å². The molecule has 2 rings (SSSR count). The van der Waals surface area contributed by atoms with Crippen LogP contribution in [0.3, 0.4) is 0 Å². The lowest BCUT2D eigenvalue weighted by atomic mass is 9.95. The highest BCUT2D eigenvalue weighted by atomic mass is 79.9. The molecule has 17 heavy (non-hydrogen) atoms. The third-order valence-corrected chi connectivity index (χ3v) is 5.34. The van der Waals surface area contributed by atoms with Crippen LogP contribution in [0.2, 0.25) is 0 Å². The fraction of sp³-hybridized carbons (Fsp3) is 0.583. The molecular formula is C12H17BrN2OS. The standard InChI is InChI=1S/C12H17BrN2OS/c13-10-4-5-17-11(10)7-15-12(16)9-3-1-2-8(9)6-14/h4-5,8-9H,1-3,6-7,14H2,(H,15,16)/t8-,9-/m1/s1. The Labute approximate surface area is 114 Å². The number of nitrogens with two attached hydrogens (primary N) is 1. The molecule has 1 fully saturated rings. The first-order chi connectivity index (χ1) is 8.22. The number of halogens is 1. The number of carbonyl (C=O) groups is 1. The summed E-state index contributed by atoms with van der Waals surface area (Å²) < 4.78 is 1.07. The second kappa shape index (κ2) is 5.98. The van der Waals surface area contributed by atoms with Gasteiger partial charge < -0.3 is 11.1 Å². The lowest BCUT2D eigenvalue weighted by Crippen LogP contribution is -2.34. The van der Waals surface area contributed by atoms with E-state index in [0.717, 1.165) is 23.7 Å². The minimum Gasteiger partial charge on any atom is -0.351 e. The van der Waals surface area contributed by atoms with Crippen LogP contribution in [0.4, 0.5) is 0 Å². The zero-order chi connectivity index (χ0) is 12.3. The number of rotatable bonds is 4. The summed E-state index contributed by atoms with van der Waals surface area (Å²) >= 11 is 5.12. The second-order valence-electron chi connectivity index (χ2n) is 4.44. The van der Waals surface area contributed by atoms with Crippen molar-refractivity contribution in [2.75, 3.05) is 6.54 Å². The minimum absolute atomic E-state index is 0.124. The third kappa shape index (κ3) is 3.09. The summed E-state index contributed by atoms with van der Waals surface area (Å²) in [5, 5.41) is 5.04. The Hall–Kier alpha value is -0.390. The topological polar surface area (TPSA) is 55.1 Å². The van der Waals surface area contributed by atoms with Gasteiger partial charge in [-0.25, -0.2) is 0 Å². The Morgan fingerprint density at radius 2 is 2.41 bits per heavy atom. The van der Waals surface area contributed by atoms with Crippen molar-refractivity contribution in [3.05, 3.63) is 20.8 Å². The molecule has 1 heterocycles. The molecule has 3 N–H and O–H groups in total. The van der Waals surface area contributed by atoms with E-state index in [2.05, 4.69) is 21.2 Å². The Balaban J connectivity index is 1.87. The van der Waals surface area contributed by atoms with Crippen LogP contribution in [-0.2, 0) is 11.3 Å². The lowest BCUT2D eigenvalue weighted by Gasteiger charge is -2.17. The van der Waals surface area contributed by atoms with Crippen LogP contribution in [0.1, 0.15) is 24.1 Å². The van der Waals surface area contributed by atoms with Crippen LogP contribution in [0, 0.1) is 11.8 Å². The van der Waals surface area contributed by atoms with Gasteiger partial charge in [0.25, 0.3) is 0 Å². The van der Waals surface area contributed by atoms with Crippen LogP contribution >= 0.6 is 27.3 Å². The summed E-state index contributed by atoms with van der Waals surface area (Å²) in [5.41, 5.74) is 5.69. The number of hydrogen-bond donors (Lipinski definition) is 2. The van der Waals surface area contributed by atoms with E-state index in [9.17, 15) is 4.79 Å². The summed E-state index contributed by atoms with van der Waals surface area (Å²) in [5.74, 6) is 0.666. The smallest absolute Gasteiger partial charge is 0.223 e. The van der Waals surface area contributed by atoms with E-state index in [1.54, 1.807) is 11.3 Å². The summed E-state index contributed by atoms with van der Waals surface area (Å²) in [6.07, 6.45) is 3.21. The van der Waals surface area contributed by atoms with Crippen molar-refractivity contribution in [2.45, 2.75) is 25.8 Å². The fourth-order valence-electron chi connectivity index (χ4n) is 2.41. The van der Waals surface area contributed by atoms with Crippen LogP contribution in [-0.4, -0.2) is 12.5 Å². The highest BCUT2D eigenvalue weighted by Crippen LogP contribution is 2.31. The summed E-state index contributed by atoms with van der Waals surface area (Å²) in [6.45, 7) is 1.24. The SMILES string of the molecule is NC[C@H]1CCC[C@H]1C(=O)NCc1sccc1Br. The van der Waals surface area contributed by atoms with E-state index >= 15 is 0 Å². The van der Waals surface area contributed by atoms with E-state index in [0.29, 0.717) is 19.0 Å². The number of hydrogen-bond acceptors (Lipinski definition) is 3. The van der Waals surface area contributed by atoms with Gasteiger partial charge in [0, 0.05) is 15.3 Å². The molecule has 1 aliphatic carbocycles. The van der Waals surface area contributed by atoms with Gasteiger partial charge in [0.1, 0.15) is 0 Å². The number of nitrogens with one attached hydrogen (secondary N) is 1. The van der Waals surface area contributed by atoms with Crippen molar-refractivity contribution in [1.29, 1.82) is 0 Å². The molecule has 0 saturated heterocycles. The quantitative estimate of drug-likeness (QED) is 0.896. The normalized spacial score (nSPS) is 23.9. The number of carbonyl (C=O) groups excluding carboxylic acids is 1. The van der Waals surface area contributed by atoms with Gasteiger partial charge in [-0.2, -0.15) is 0 Å². The molecule has 1 amide bonds. The molecule has 1 aromatic rings. The molecule has 5 heteroatoms. The maximum Gasteiger partial charge on any atom is 0.223 e. The van der Waals surface area contributed by atoms with Gasteiger partial charge >= 0.3 is 0 Å². The van der Waals surface area contributed by atoms with E-state index in [1.807, 2.05) is 11.4 Å². The first-order valence-corrected chi connectivity index (χ1v) is 7.59. The lowest BCUT2D eigenvalue weighted by molar-refractivity contribution is -0.126. The van der Waals surface area contributed by atoms with Gasteiger partial charge in [-0.05, 0) is 52.7 Å². The maximum atomic E-state index is 12.0. The summed E-state index contributed by atoms with van der Waals surface area (Å²) in [4.78, 5) is 13.2. The average molecular weight is 317 g/mol. The second-order valence-corrected chi connectivity index (χ2v) is 6.30. The zero-order valence-electron chi connectivity index (χ0n) is 9.62. The van der Waals surface area contributed by atoms with Crippen molar-refractivity contribution in [2.24, 2.45) is 17.6 Å². The third-order valence-electron chi connectivity index (χ3n) is 3.41. The minimum atomic E-state index is 0.124. The van der Waals surface area contributed by atoms with Gasteiger partial charge in [0.05, 0.1) is 6.54 Å². The van der Waals surface area contributed by atoms with Gasteiger partial charge in [0.15, 0.2) is 0 Å². The van der Waals surface area contributed by atoms with E-state index in [1.165, 1.54) is 4.88 Å². The van der Waals surface area contributed by atoms with Crippen LogP contribution in [0.25, 0.3) is 0 Å². The highest BCUT2D eigenvalue weighted by Gasteiger charge is 2.31. The molecule has 0 bridgehead atoms. The molecular weight excluding hydrogens is 300 g/mol. The Morgan fingerprint density at radius 1 is 1.59 bits per heavy atom. The highest BCUT2D eigenvalue weighted by molar-refractivity contribution is 9.10. The van der Waals surface area contributed by atoms with Crippen molar-refractivity contribution < 1.29 is 4.79 Å². The van der Waals surface area contributed by atoms with Crippen molar-refractivity contribution in [3.63, 3.8) is 0 Å². The number of thiophene rings is 1. The van der Waals surface area contributed by atoms with Crippen molar-refractivity contribution >= 4 is 33.2 Å². The molecule has 0 spiro atoms. The molecule has 0 radical (unpaired) electrons. The Morgan fingerprint density at radius 3 is 3.06 bits per heavy atom. The summed E-state index contributed by atoms with van der Waals surface area (Å²) in [6, 6.07) is 2.00. The van der Waals surface area contributed by atoms with Gasteiger partial charge in [0.2, 0.25) is 5.91 Å². The van der Waals surface area contributed by atoms with Gasteiger partial charge in [-0.1, -0.05) is 6.42 Å². The maximum absolute atomic E-state index is 12.0. The van der Waals surface area contributed by atoms with Crippen LogP contribution in [0.5, 0.6) is 0 Å². The van der Waals surface area contributed by atoms with Gasteiger partial charge in [-0.15, -0.1) is 11.3 Å². The molecule has 1 aromatic heterocycles. The van der Waals surface area contributed by atoms with E-state index in [-0.39, 0.29) is 11.8 Å². The Kier molecular flexibility index (Phi) is 4.59. The molecule has 1 saturated carbocycles. The van der Waals surface area contributed by atoms with Crippen LogP contribution in [0.15, 0.2) is 15.9 Å². The monoisotopic (exact) mass is 316 g/mol. The van der Waals surface area contributed by atoms with Gasteiger partial charge in [-0.3, -0.25) is 4.79 Å². The van der Waals surface area contributed by atoms with E-state index in [4.69, 9.17) is 5.73 Å². The molecule has 3 nitrogen and oxygen atoms in total. The molecule has 0 aliphatic heterocycles. The molecule has 0 aromatic carbocycles. The van der Waals surface area contributed by atoms with Crippen molar-refractivity contribution in [1.82, 2.24) is 5.32 Å². The molecule has 1 aliphatic rings. The molecule has 94 valence electrons. The predicted octanol–water partition coefficient (Wildman–Crippen LogP) is 2.50. The van der Waals surface area contributed by atoms with Crippen molar-refractivity contribution in [3.8, 4) is 0 Å². The Bertz CT molecular complexity index is 394. The molecule has 0 unspecified atom stereocenters. The summed E-state index contributed by atoms with van der Waals surface area (Å²) in [7, 11) is 0. The first kappa shape index (κ1) is 13.1. The largest absolute Gasteiger partial charge is 0.351 e. The van der Waals surface area contributed by atoms with Crippen LogP contribution < -0.4 is 11.1 Å².